The Balaban J connectivity index is 4.00. The molecule has 50 valence electrons. The number of carboxylic acid groups (broad SMARTS) is 1. The molecule has 0 aromatic heterocycles. The molecule has 9 heavy (non-hydrogen) atoms. The van der Waals surface area contributed by atoms with Crippen molar-refractivity contribution in [2.24, 2.45) is 0 Å². The largest absolute Gasteiger partial charge is 0.477 e. The van der Waals surface area contributed by atoms with Gasteiger partial charge in [0.1, 0.15) is 0 Å². The van der Waals surface area contributed by atoms with E-state index in [-0.39, 0.29) is 4.91 Å². The van der Waals surface area contributed by atoms with E-state index in [0.717, 1.165) is 0 Å². The van der Waals surface area contributed by atoms with E-state index in [9.17, 15) is 4.79 Å². The SMILES string of the molecule is C/C=C/C=C(\S)C(=O)O. The normalized spacial score (nSPS) is 12.4. The quantitative estimate of drug-likeness (QED) is 0.350. The first-order chi connectivity index (χ1) is 4.18. The van der Waals surface area contributed by atoms with Crippen molar-refractivity contribution in [3.63, 3.8) is 0 Å². The van der Waals surface area contributed by atoms with Crippen LogP contribution in [-0.4, -0.2) is 11.1 Å². The summed E-state index contributed by atoms with van der Waals surface area (Å²) in [5.74, 6) is -1.00. The summed E-state index contributed by atoms with van der Waals surface area (Å²) < 4.78 is 0. The van der Waals surface area contributed by atoms with Crippen molar-refractivity contribution in [1.29, 1.82) is 0 Å². The molecule has 0 aromatic rings. The van der Waals surface area contributed by atoms with Crippen LogP contribution in [0.3, 0.4) is 0 Å². The van der Waals surface area contributed by atoms with Crippen LogP contribution in [0.5, 0.6) is 0 Å². The van der Waals surface area contributed by atoms with E-state index >= 15 is 0 Å². The molecule has 2 nitrogen and oxygen atoms in total. The number of hydrogen-bond acceptors (Lipinski definition) is 2. The van der Waals surface area contributed by atoms with Crippen LogP contribution in [0, 0.1) is 0 Å². The molecule has 3 heteroatoms. The van der Waals surface area contributed by atoms with Gasteiger partial charge in [-0.05, 0) is 13.0 Å². The van der Waals surface area contributed by atoms with Gasteiger partial charge in [0.25, 0.3) is 0 Å². The van der Waals surface area contributed by atoms with Crippen LogP contribution < -0.4 is 0 Å². The van der Waals surface area contributed by atoms with Crippen molar-refractivity contribution in [3.8, 4) is 0 Å². The lowest BCUT2D eigenvalue weighted by Crippen LogP contribution is -1.92. The van der Waals surface area contributed by atoms with Crippen LogP contribution in [0.15, 0.2) is 23.1 Å². The van der Waals surface area contributed by atoms with Crippen LogP contribution in [0.1, 0.15) is 6.92 Å². The molecule has 0 saturated carbocycles. The second-order valence-corrected chi connectivity index (χ2v) is 1.86. The summed E-state index contributed by atoms with van der Waals surface area (Å²) >= 11 is 3.67. The van der Waals surface area contributed by atoms with Crippen LogP contribution >= 0.6 is 12.6 Å². The van der Waals surface area contributed by atoms with E-state index in [0.29, 0.717) is 0 Å². The Kier molecular flexibility index (Phi) is 3.88. The molecule has 0 rings (SSSR count). The average Bonchev–Trinajstić information content (AvgIpc) is 1.82. The lowest BCUT2D eigenvalue weighted by molar-refractivity contribution is -0.131. The summed E-state index contributed by atoms with van der Waals surface area (Å²) in [7, 11) is 0. The number of allylic oxidation sites excluding steroid dienone is 3. The zero-order valence-electron chi connectivity index (χ0n) is 5.03. The Hall–Kier alpha value is -0.700. The predicted octanol–water partition coefficient (Wildman–Crippen LogP) is 1.46. The molecule has 0 aliphatic carbocycles. The second kappa shape index (κ2) is 4.21. The minimum atomic E-state index is -1.00. The summed E-state index contributed by atoms with van der Waals surface area (Å²) in [6, 6.07) is 0. The van der Waals surface area contributed by atoms with E-state index in [1.165, 1.54) is 6.08 Å². The highest BCUT2D eigenvalue weighted by Gasteiger charge is 1.96. The molecule has 0 heterocycles. The van der Waals surface area contributed by atoms with Gasteiger partial charge in [-0.3, -0.25) is 0 Å². The molecule has 0 unspecified atom stereocenters. The minimum Gasteiger partial charge on any atom is -0.477 e. The number of hydrogen-bond donors (Lipinski definition) is 2. The van der Waals surface area contributed by atoms with Gasteiger partial charge in [-0.15, -0.1) is 12.6 Å². The van der Waals surface area contributed by atoms with Crippen molar-refractivity contribution < 1.29 is 9.90 Å². The van der Waals surface area contributed by atoms with Crippen molar-refractivity contribution in [1.82, 2.24) is 0 Å². The van der Waals surface area contributed by atoms with E-state index in [1.54, 1.807) is 19.1 Å². The van der Waals surface area contributed by atoms with E-state index in [2.05, 4.69) is 12.6 Å². The average molecular weight is 144 g/mol. The third-order valence-corrected chi connectivity index (χ3v) is 1.01. The Labute approximate surface area is 59.3 Å². The topological polar surface area (TPSA) is 37.3 Å². The second-order valence-electron chi connectivity index (χ2n) is 1.38. The third-order valence-electron chi connectivity index (χ3n) is 0.666. The summed E-state index contributed by atoms with van der Waals surface area (Å²) in [4.78, 5) is 10.1. The van der Waals surface area contributed by atoms with Crippen LogP contribution in [0.4, 0.5) is 0 Å². The highest BCUT2D eigenvalue weighted by atomic mass is 32.1. The molecule has 0 amide bonds. The highest BCUT2D eigenvalue weighted by molar-refractivity contribution is 7.85. The summed E-state index contributed by atoms with van der Waals surface area (Å²) in [5, 5.41) is 8.23. The van der Waals surface area contributed by atoms with Crippen LogP contribution in [0.25, 0.3) is 0 Å². The highest BCUT2D eigenvalue weighted by Crippen LogP contribution is 1.98. The fourth-order valence-corrected chi connectivity index (χ4v) is 0.345. The van der Waals surface area contributed by atoms with Gasteiger partial charge in [0.2, 0.25) is 0 Å². The van der Waals surface area contributed by atoms with Gasteiger partial charge in [0.05, 0.1) is 4.91 Å². The first kappa shape index (κ1) is 8.30. The Morgan fingerprint density at radius 3 is 2.56 bits per heavy atom. The first-order valence-electron chi connectivity index (χ1n) is 2.43. The van der Waals surface area contributed by atoms with Crippen LogP contribution in [-0.2, 0) is 4.79 Å². The number of rotatable bonds is 2. The maximum atomic E-state index is 10.0. The van der Waals surface area contributed by atoms with Crippen molar-refractivity contribution >= 4 is 18.6 Å². The molecule has 0 spiro atoms. The van der Waals surface area contributed by atoms with Crippen molar-refractivity contribution in [2.45, 2.75) is 6.92 Å². The lowest BCUT2D eigenvalue weighted by atomic mass is 10.4. The Morgan fingerprint density at radius 2 is 2.22 bits per heavy atom. The predicted molar refractivity (Wildman–Crippen MR) is 39.5 cm³/mol. The molecule has 1 N–H and O–H groups in total. The van der Waals surface area contributed by atoms with Crippen molar-refractivity contribution in [2.75, 3.05) is 0 Å². The molecular formula is C6H8O2S. The molecule has 0 radical (unpaired) electrons. The molecule has 0 aliphatic rings. The fourth-order valence-electron chi connectivity index (χ4n) is 0.259. The van der Waals surface area contributed by atoms with Gasteiger partial charge < -0.3 is 5.11 Å². The van der Waals surface area contributed by atoms with E-state index in [1.807, 2.05) is 0 Å². The van der Waals surface area contributed by atoms with Crippen molar-refractivity contribution in [3.05, 3.63) is 23.1 Å². The Morgan fingerprint density at radius 1 is 1.67 bits per heavy atom. The number of carbonyl (C=O) groups is 1. The first-order valence-corrected chi connectivity index (χ1v) is 2.88. The molecule has 0 aromatic carbocycles. The van der Waals surface area contributed by atoms with E-state index in [4.69, 9.17) is 5.11 Å². The van der Waals surface area contributed by atoms with Gasteiger partial charge in [0.15, 0.2) is 0 Å². The maximum absolute atomic E-state index is 10.0. The number of thiol groups is 1. The monoisotopic (exact) mass is 144 g/mol. The lowest BCUT2D eigenvalue weighted by Gasteiger charge is -1.84. The molecule has 0 bridgehead atoms. The van der Waals surface area contributed by atoms with Gasteiger partial charge in [-0.25, -0.2) is 4.79 Å². The van der Waals surface area contributed by atoms with Gasteiger partial charge in [-0.2, -0.15) is 0 Å². The summed E-state index contributed by atoms with van der Waals surface area (Å²) in [6.07, 6.45) is 4.78. The van der Waals surface area contributed by atoms with Gasteiger partial charge >= 0.3 is 5.97 Å². The van der Waals surface area contributed by atoms with Crippen LogP contribution in [0.2, 0.25) is 0 Å². The minimum absolute atomic E-state index is 0.0492. The molecule has 0 saturated heterocycles. The zero-order valence-corrected chi connectivity index (χ0v) is 5.93. The third kappa shape index (κ3) is 3.85. The standard InChI is InChI=1S/C6H8O2S/c1-2-3-4-5(9)6(7)8/h2-4,9H,1H3,(H,7,8)/b3-2+,5-4-. The molecule has 0 aliphatic heterocycles. The molecule has 0 fully saturated rings. The smallest absolute Gasteiger partial charge is 0.341 e. The molecular weight excluding hydrogens is 136 g/mol. The summed E-state index contributed by atoms with van der Waals surface area (Å²) in [5.41, 5.74) is 0. The Bertz CT molecular complexity index is 158. The molecule has 0 atom stereocenters. The fraction of sp³-hybridized carbons (Fsp3) is 0.167. The number of carboxylic acids is 1. The maximum Gasteiger partial charge on any atom is 0.341 e. The van der Waals surface area contributed by atoms with E-state index < -0.39 is 5.97 Å². The summed E-state index contributed by atoms with van der Waals surface area (Å²) in [6.45, 7) is 1.80. The number of aliphatic carboxylic acids is 1. The van der Waals surface area contributed by atoms with Gasteiger partial charge in [0, 0.05) is 0 Å². The van der Waals surface area contributed by atoms with Gasteiger partial charge in [-0.1, -0.05) is 12.2 Å². The zero-order chi connectivity index (χ0) is 7.28.